The number of thiophene rings is 1. The van der Waals surface area contributed by atoms with Crippen molar-refractivity contribution in [3.8, 4) is 0 Å². The highest BCUT2D eigenvalue weighted by molar-refractivity contribution is 7.12. The molecular weight excluding hydrogens is 266 g/mol. The first-order valence-corrected chi connectivity index (χ1v) is 7.99. The maximum absolute atomic E-state index is 4.54. The van der Waals surface area contributed by atoms with Crippen LogP contribution in [0.3, 0.4) is 0 Å². The number of aryl methyl sites for hydroxylation is 1. The van der Waals surface area contributed by atoms with Crippen LogP contribution < -0.4 is 10.2 Å². The van der Waals surface area contributed by atoms with Crippen molar-refractivity contribution >= 4 is 22.8 Å². The summed E-state index contributed by atoms with van der Waals surface area (Å²) in [4.78, 5) is 9.49. The highest BCUT2D eigenvalue weighted by Gasteiger charge is 2.08. The van der Waals surface area contributed by atoms with E-state index in [2.05, 4.69) is 67.2 Å². The molecule has 2 rings (SSSR count). The first kappa shape index (κ1) is 14.9. The van der Waals surface area contributed by atoms with Crippen molar-refractivity contribution in [3.05, 3.63) is 40.2 Å². The second-order valence-electron chi connectivity index (χ2n) is 4.89. The van der Waals surface area contributed by atoms with E-state index in [-0.39, 0.29) is 0 Å². The van der Waals surface area contributed by atoms with Gasteiger partial charge in [-0.2, -0.15) is 0 Å². The highest BCUT2D eigenvalue weighted by atomic mass is 32.1. The van der Waals surface area contributed by atoms with Gasteiger partial charge in [0.1, 0.15) is 5.82 Å². The molecular formula is C16H23N3S. The topological polar surface area (TPSA) is 28.2 Å². The number of anilines is 2. The Kier molecular flexibility index (Phi) is 5.01. The number of hydrogen-bond acceptors (Lipinski definition) is 4. The van der Waals surface area contributed by atoms with Gasteiger partial charge in [0.25, 0.3) is 0 Å². The monoisotopic (exact) mass is 289 g/mol. The number of aromatic nitrogens is 1. The third-order valence-electron chi connectivity index (χ3n) is 3.41. The molecule has 2 aromatic rings. The average Bonchev–Trinajstić information content (AvgIpc) is 2.89. The van der Waals surface area contributed by atoms with Crippen LogP contribution >= 0.6 is 11.3 Å². The first-order valence-electron chi connectivity index (χ1n) is 7.18. The summed E-state index contributed by atoms with van der Waals surface area (Å²) < 4.78 is 0. The molecule has 0 bridgehead atoms. The van der Waals surface area contributed by atoms with Crippen molar-refractivity contribution in [2.24, 2.45) is 0 Å². The van der Waals surface area contributed by atoms with E-state index in [4.69, 9.17) is 0 Å². The maximum atomic E-state index is 4.54. The zero-order chi connectivity index (χ0) is 14.5. The van der Waals surface area contributed by atoms with Crippen molar-refractivity contribution in [2.75, 3.05) is 23.3 Å². The van der Waals surface area contributed by atoms with E-state index >= 15 is 0 Å². The molecule has 2 aromatic heterocycles. The lowest BCUT2D eigenvalue weighted by atomic mass is 10.2. The number of hydrogen-bond donors (Lipinski definition) is 1. The fourth-order valence-electron chi connectivity index (χ4n) is 2.21. The first-order chi connectivity index (χ1) is 9.63. The minimum Gasteiger partial charge on any atom is -0.376 e. The summed E-state index contributed by atoms with van der Waals surface area (Å²) in [6.45, 7) is 10.6. The van der Waals surface area contributed by atoms with Gasteiger partial charge in [-0.3, -0.25) is 0 Å². The molecule has 0 aliphatic carbocycles. The van der Waals surface area contributed by atoms with Gasteiger partial charge in [-0.15, -0.1) is 11.3 Å². The molecule has 0 aliphatic rings. The van der Waals surface area contributed by atoms with Crippen LogP contribution in [0.5, 0.6) is 0 Å². The predicted octanol–water partition coefficient (Wildman–Crippen LogP) is 4.47. The Morgan fingerprint density at radius 3 is 2.45 bits per heavy atom. The molecule has 0 aliphatic heterocycles. The Bertz CT molecular complexity index is 529. The number of nitrogens with one attached hydrogen (secondary N) is 1. The lowest BCUT2D eigenvalue weighted by molar-refractivity contribution is 0.844. The minimum atomic E-state index is 0.315. The smallest absolute Gasteiger partial charge is 0.128 e. The summed E-state index contributed by atoms with van der Waals surface area (Å²) in [6.07, 6.45) is 1.92. The summed E-state index contributed by atoms with van der Waals surface area (Å²) in [6, 6.07) is 8.86. The Balaban J connectivity index is 2.03. The van der Waals surface area contributed by atoms with Crippen LogP contribution in [0.25, 0.3) is 0 Å². The molecule has 20 heavy (non-hydrogen) atoms. The molecule has 1 atom stereocenters. The van der Waals surface area contributed by atoms with Crippen LogP contribution in [0.1, 0.15) is 36.6 Å². The number of pyridine rings is 1. The molecule has 0 saturated carbocycles. The SMILES string of the molecule is CCN(CC)c1ccc(NC(C)c2ccc(C)s2)cn1. The number of nitrogens with zero attached hydrogens (tertiary/aromatic N) is 2. The Labute approximate surface area is 125 Å². The summed E-state index contributed by atoms with van der Waals surface area (Å²) in [5.41, 5.74) is 1.07. The summed E-state index contributed by atoms with van der Waals surface area (Å²) in [5.74, 6) is 1.04. The molecule has 0 fully saturated rings. The van der Waals surface area contributed by atoms with Crippen LogP contribution in [-0.2, 0) is 0 Å². The number of rotatable bonds is 6. The zero-order valence-corrected chi connectivity index (χ0v) is 13.5. The van der Waals surface area contributed by atoms with E-state index in [9.17, 15) is 0 Å². The van der Waals surface area contributed by atoms with E-state index in [1.807, 2.05) is 17.5 Å². The summed E-state index contributed by atoms with van der Waals surface area (Å²) in [7, 11) is 0. The standard InChI is InChI=1S/C16H23N3S/c1-5-19(6-2)16-10-8-14(11-17-16)18-13(4)15-9-7-12(3)20-15/h7-11,13,18H,5-6H2,1-4H3. The Morgan fingerprint density at radius 2 is 1.95 bits per heavy atom. The molecule has 0 saturated heterocycles. The van der Waals surface area contributed by atoms with Gasteiger partial charge in [-0.1, -0.05) is 0 Å². The third kappa shape index (κ3) is 3.51. The molecule has 1 N–H and O–H groups in total. The van der Waals surface area contributed by atoms with Crippen molar-refractivity contribution in [1.29, 1.82) is 0 Å². The molecule has 1 unspecified atom stereocenters. The van der Waals surface area contributed by atoms with Crippen LogP contribution in [0.2, 0.25) is 0 Å². The van der Waals surface area contributed by atoms with Gasteiger partial charge in [-0.05, 0) is 52.0 Å². The summed E-state index contributed by atoms with van der Waals surface area (Å²) in [5, 5.41) is 3.50. The molecule has 0 amide bonds. The van der Waals surface area contributed by atoms with Gasteiger partial charge in [0.15, 0.2) is 0 Å². The van der Waals surface area contributed by atoms with Gasteiger partial charge in [0.2, 0.25) is 0 Å². The van der Waals surface area contributed by atoms with Crippen molar-refractivity contribution < 1.29 is 0 Å². The molecule has 4 heteroatoms. The summed E-state index contributed by atoms with van der Waals surface area (Å²) >= 11 is 1.84. The molecule has 3 nitrogen and oxygen atoms in total. The van der Waals surface area contributed by atoms with Crippen molar-refractivity contribution in [3.63, 3.8) is 0 Å². The lowest BCUT2D eigenvalue weighted by Crippen LogP contribution is -2.22. The minimum absolute atomic E-state index is 0.315. The van der Waals surface area contributed by atoms with Crippen molar-refractivity contribution in [2.45, 2.75) is 33.7 Å². The van der Waals surface area contributed by atoms with E-state index in [0.29, 0.717) is 6.04 Å². The van der Waals surface area contributed by atoms with Gasteiger partial charge in [-0.25, -0.2) is 4.98 Å². The van der Waals surface area contributed by atoms with E-state index in [1.165, 1.54) is 9.75 Å². The molecule has 0 aromatic carbocycles. The maximum Gasteiger partial charge on any atom is 0.128 e. The van der Waals surface area contributed by atoms with Gasteiger partial charge in [0.05, 0.1) is 17.9 Å². The molecule has 108 valence electrons. The van der Waals surface area contributed by atoms with Crippen LogP contribution in [0, 0.1) is 6.92 Å². The van der Waals surface area contributed by atoms with Crippen LogP contribution in [0.4, 0.5) is 11.5 Å². The molecule has 2 heterocycles. The highest BCUT2D eigenvalue weighted by Crippen LogP contribution is 2.26. The van der Waals surface area contributed by atoms with Gasteiger partial charge >= 0.3 is 0 Å². The van der Waals surface area contributed by atoms with Gasteiger partial charge in [0, 0.05) is 22.8 Å². The van der Waals surface area contributed by atoms with Crippen LogP contribution in [-0.4, -0.2) is 18.1 Å². The molecule has 0 spiro atoms. The fourth-order valence-corrected chi connectivity index (χ4v) is 3.09. The fraction of sp³-hybridized carbons (Fsp3) is 0.438. The van der Waals surface area contributed by atoms with E-state index in [1.54, 1.807) is 0 Å². The normalized spacial score (nSPS) is 12.2. The van der Waals surface area contributed by atoms with Gasteiger partial charge < -0.3 is 10.2 Å². The van der Waals surface area contributed by atoms with Crippen LogP contribution in [0.15, 0.2) is 30.5 Å². The zero-order valence-electron chi connectivity index (χ0n) is 12.7. The van der Waals surface area contributed by atoms with E-state index < -0.39 is 0 Å². The third-order valence-corrected chi connectivity index (χ3v) is 4.59. The lowest BCUT2D eigenvalue weighted by Gasteiger charge is -2.20. The Morgan fingerprint density at radius 1 is 1.20 bits per heavy atom. The predicted molar refractivity (Wildman–Crippen MR) is 88.9 cm³/mol. The second kappa shape index (κ2) is 6.75. The average molecular weight is 289 g/mol. The largest absolute Gasteiger partial charge is 0.376 e. The quantitative estimate of drug-likeness (QED) is 0.850. The second-order valence-corrected chi connectivity index (χ2v) is 6.21. The van der Waals surface area contributed by atoms with Crippen molar-refractivity contribution in [1.82, 2.24) is 4.98 Å². The molecule has 0 radical (unpaired) electrons. The Hall–Kier alpha value is -1.55. The van der Waals surface area contributed by atoms with E-state index in [0.717, 1.165) is 24.6 Å².